The first-order chi connectivity index (χ1) is 13.0. The maximum atomic E-state index is 4.66. The van der Waals surface area contributed by atoms with Crippen molar-refractivity contribution in [1.29, 1.82) is 0 Å². The third kappa shape index (κ3) is 4.13. The van der Waals surface area contributed by atoms with Crippen LogP contribution in [0.4, 0.5) is 11.4 Å². The van der Waals surface area contributed by atoms with Gasteiger partial charge in [0.15, 0.2) is 0 Å². The summed E-state index contributed by atoms with van der Waals surface area (Å²) in [5.74, 6) is 0.760. The van der Waals surface area contributed by atoms with Crippen LogP contribution in [0.5, 0.6) is 0 Å². The van der Waals surface area contributed by atoms with Crippen LogP contribution in [0, 0.1) is 19.8 Å². The highest BCUT2D eigenvalue weighted by Crippen LogP contribution is 2.38. The number of hydrogen-bond acceptors (Lipinski definition) is 4. The van der Waals surface area contributed by atoms with Crippen molar-refractivity contribution in [3.8, 4) is 0 Å². The predicted octanol–water partition coefficient (Wildman–Crippen LogP) is 5.49. The predicted molar refractivity (Wildman–Crippen MR) is 119 cm³/mol. The summed E-state index contributed by atoms with van der Waals surface area (Å²) >= 11 is 0. The third-order valence-electron chi connectivity index (χ3n) is 5.57. The van der Waals surface area contributed by atoms with E-state index in [1.54, 1.807) is 0 Å². The average Bonchev–Trinajstić information content (AvgIpc) is 3.25. The Hall–Kier alpha value is -2.01. The molecule has 0 saturated heterocycles. The van der Waals surface area contributed by atoms with Gasteiger partial charge >= 0.3 is 0 Å². The molecule has 0 aliphatic carbocycles. The Morgan fingerprint density at radius 3 is 2.37 bits per heavy atom. The summed E-state index contributed by atoms with van der Waals surface area (Å²) in [5.41, 5.74) is 8.81. The van der Waals surface area contributed by atoms with Gasteiger partial charge < -0.3 is 10.6 Å². The van der Waals surface area contributed by atoms with Gasteiger partial charge in [0.2, 0.25) is 0 Å². The van der Waals surface area contributed by atoms with Gasteiger partial charge in [0.1, 0.15) is 11.9 Å². The summed E-state index contributed by atoms with van der Waals surface area (Å²) in [6, 6.07) is 4.45. The van der Waals surface area contributed by atoms with E-state index in [2.05, 4.69) is 65.6 Å². The Balaban J connectivity index is 0.00000102. The van der Waals surface area contributed by atoms with Crippen molar-refractivity contribution >= 4 is 11.4 Å². The van der Waals surface area contributed by atoms with Gasteiger partial charge in [0, 0.05) is 21.5 Å². The van der Waals surface area contributed by atoms with Crippen LogP contribution in [-0.4, -0.2) is 28.2 Å². The number of fused-ring (bicyclic) bond motifs is 2. The highest BCUT2D eigenvalue weighted by Gasteiger charge is 2.29. The van der Waals surface area contributed by atoms with Crippen molar-refractivity contribution in [2.45, 2.75) is 67.1 Å². The monoisotopic (exact) mass is 373 g/mol. The zero-order chi connectivity index (χ0) is 19.6. The van der Waals surface area contributed by atoms with Gasteiger partial charge in [-0.2, -0.15) is 5.10 Å². The molecule has 152 valence electrons. The van der Waals surface area contributed by atoms with Crippen LogP contribution in [0.15, 0.2) is 12.1 Å². The SMILES string of the molecule is CC.Cc1cc2c(cc1C)NC(c1n[nH]c3c1CCN(CCC(C)C)C3)N2.[HH].[HH]. The van der Waals surface area contributed by atoms with E-state index >= 15 is 0 Å². The fourth-order valence-corrected chi connectivity index (χ4v) is 3.81. The smallest absolute Gasteiger partial charge is 0.143 e. The number of nitrogens with zero attached hydrogens (tertiary/aromatic N) is 2. The van der Waals surface area contributed by atoms with Crippen LogP contribution in [0.2, 0.25) is 0 Å². The number of H-pyrrole nitrogens is 1. The topological polar surface area (TPSA) is 56.0 Å². The lowest BCUT2D eigenvalue weighted by Gasteiger charge is -2.27. The lowest BCUT2D eigenvalue weighted by atomic mass is 10.0. The van der Waals surface area contributed by atoms with Crippen molar-refractivity contribution in [3.05, 3.63) is 40.2 Å². The summed E-state index contributed by atoms with van der Waals surface area (Å²) in [7, 11) is 0. The van der Waals surface area contributed by atoms with Gasteiger partial charge in [-0.25, -0.2) is 0 Å². The molecular weight excluding hydrogens is 334 g/mol. The molecule has 0 fully saturated rings. The minimum Gasteiger partial charge on any atom is -0.359 e. The molecule has 2 aliphatic heterocycles. The van der Waals surface area contributed by atoms with Gasteiger partial charge in [-0.15, -0.1) is 0 Å². The maximum absolute atomic E-state index is 4.66. The number of aromatic nitrogens is 2. The van der Waals surface area contributed by atoms with Gasteiger partial charge in [-0.3, -0.25) is 10.00 Å². The summed E-state index contributed by atoms with van der Waals surface area (Å²) in [4.78, 5) is 2.54. The Kier molecular flexibility index (Phi) is 6.10. The zero-order valence-electron chi connectivity index (χ0n) is 17.7. The molecule has 2 aliphatic rings. The van der Waals surface area contributed by atoms with Gasteiger partial charge in [-0.1, -0.05) is 27.7 Å². The van der Waals surface area contributed by atoms with Crippen LogP contribution in [0.25, 0.3) is 0 Å². The van der Waals surface area contributed by atoms with Crippen molar-refractivity contribution in [2.75, 3.05) is 23.7 Å². The number of aromatic amines is 1. The molecule has 0 saturated carbocycles. The molecule has 0 bridgehead atoms. The normalized spacial score (nSPS) is 16.3. The quantitative estimate of drug-likeness (QED) is 0.664. The fraction of sp³-hybridized carbons (Fsp3) is 0.591. The number of hydrogen-bond donors (Lipinski definition) is 3. The standard InChI is InChI=1S/C20H29N5.C2H6.2H2/c1-12(2)5-7-25-8-6-15-18(11-25)23-24-19(15)20-21-16-9-13(3)14(4)10-17(16)22-20;1-2;;/h9-10,12,20-22H,5-8,11H2,1-4H3,(H,23,24);1-2H3;2*1H. The summed E-state index contributed by atoms with van der Waals surface area (Å²) in [5, 5.41) is 15.2. The Bertz CT molecular complexity index is 757. The van der Waals surface area contributed by atoms with Crippen molar-refractivity contribution in [3.63, 3.8) is 0 Å². The molecule has 0 atom stereocenters. The molecule has 1 aromatic heterocycles. The van der Waals surface area contributed by atoms with Crippen molar-refractivity contribution in [1.82, 2.24) is 15.1 Å². The van der Waals surface area contributed by atoms with E-state index < -0.39 is 0 Å². The molecule has 5 heteroatoms. The van der Waals surface area contributed by atoms with Crippen LogP contribution in [-0.2, 0) is 13.0 Å². The molecule has 3 N–H and O–H groups in total. The first-order valence-electron chi connectivity index (χ1n) is 10.4. The van der Waals surface area contributed by atoms with E-state index in [0.29, 0.717) is 0 Å². The Labute approximate surface area is 166 Å². The maximum Gasteiger partial charge on any atom is 0.143 e. The number of nitrogens with one attached hydrogen (secondary N) is 3. The second kappa shape index (κ2) is 8.34. The molecule has 3 heterocycles. The van der Waals surface area contributed by atoms with E-state index in [-0.39, 0.29) is 9.02 Å². The van der Waals surface area contributed by atoms with Crippen molar-refractivity contribution in [2.24, 2.45) is 5.92 Å². The van der Waals surface area contributed by atoms with Crippen LogP contribution < -0.4 is 10.6 Å². The molecule has 1 aromatic carbocycles. The highest BCUT2D eigenvalue weighted by atomic mass is 15.3. The summed E-state index contributed by atoms with van der Waals surface area (Å²) in [6.07, 6.45) is 2.40. The lowest BCUT2D eigenvalue weighted by Crippen LogP contribution is -2.32. The zero-order valence-corrected chi connectivity index (χ0v) is 17.7. The Morgan fingerprint density at radius 2 is 1.78 bits per heavy atom. The highest BCUT2D eigenvalue weighted by molar-refractivity contribution is 5.76. The van der Waals surface area contributed by atoms with Gasteiger partial charge in [0.25, 0.3) is 0 Å². The summed E-state index contributed by atoms with van der Waals surface area (Å²) in [6.45, 7) is 16.2. The van der Waals surface area contributed by atoms with Crippen LogP contribution in [0.1, 0.15) is 71.2 Å². The lowest BCUT2D eigenvalue weighted by molar-refractivity contribution is 0.236. The molecule has 5 nitrogen and oxygen atoms in total. The van der Waals surface area contributed by atoms with E-state index in [0.717, 1.165) is 31.1 Å². The minimum absolute atomic E-state index is 0. The summed E-state index contributed by atoms with van der Waals surface area (Å²) < 4.78 is 0. The molecule has 0 spiro atoms. The Morgan fingerprint density at radius 1 is 1.15 bits per heavy atom. The van der Waals surface area contributed by atoms with E-state index in [1.165, 1.54) is 46.7 Å². The average molecular weight is 374 g/mol. The molecule has 0 radical (unpaired) electrons. The number of benzene rings is 1. The minimum atomic E-state index is 0. The van der Waals surface area contributed by atoms with E-state index in [1.807, 2.05) is 13.8 Å². The second-order valence-corrected chi connectivity index (χ2v) is 7.98. The number of rotatable bonds is 4. The first kappa shape index (κ1) is 19.7. The molecule has 2 aromatic rings. The second-order valence-electron chi connectivity index (χ2n) is 7.98. The largest absolute Gasteiger partial charge is 0.359 e. The third-order valence-corrected chi connectivity index (χ3v) is 5.57. The van der Waals surface area contributed by atoms with Crippen LogP contribution in [0.3, 0.4) is 0 Å². The fourth-order valence-electron chi connectivity index (χ4n) is 3.81. The first-order valence-corrected chi connectivity index (χ1v) is 10.4. The van der Waals surface area contributed by atoms with Gasteiger partial charge in [0.05, 0.1) is 17.1 Å². The van der Waals surface area contributed by atoms with Crippen LogP contribution >= 0.6 is 0 Å². The molecule has 27 heavy (non-hydrogen) atoms. The molecule has 0 unspecified atom stereocenters. The molecule has 4 rings (SSSR count). The molecule has 0 amide bonds. The van der Waals surface area contributed by atoms with E-state index in [4.69, 9.17) is 0 Å². The number of aryl methyl sites for hydroxylation is 2. The van der Waals surface area contributed by atoms with Crippen molar-refractivity contribution < 1.29 is 2.85 Å². The van der Waals surface area contributed by atoms with Gasteiger partial charge in [-0.05, 0) is 62.4 Å². The number of anilines is 2. The van der Waals surface area contributed by atoms with E-state index in [9.17, 15) is 0 Å². The molecular formula is C22H39N5.